The number of nitrogens with one attached hydrogen (secondary N) is 1. The molecule has 2 aliphatic heterocycles. The van der Waals surface area contributed by atoms with Crippen molar-refractivity contribution in [1.82, 2.24) is 15.1 Å². The van der Waals surface area contributed by atoms with E-state index in [0.29, 0.717) is 30.3 Å². The van der Waals surface area contributed by atoms with Crippen molar-refractivity contribution in [3.8, 4) is 0 Å². The summed E-state index contributed by atoms with van der Waals surface area (Å²) < 4.78 is 0. The molecule has 0 aromatic rings. The quantitative estimate of drug-likeness (QED) is 0.834. The molecule has 4 nitrogen and oxygen atoms in total. The van der Waals surface area contributed by atoms with Crippen LogP contribution in [-0.2, 0) is 4.79 Å². The second-order valence-corrected chi connectivity index (χ2v) is 6.66. The molecular formula is C15H29N3O. The molecule has 0 aliphatic carbocycles. The number of hydrogen-bond acceptors (Lipinski definition) is 3. The molecule has 0 aromatic carbocycles. The highest BCUT2D eigenvalue weighted by Crippen LogP contribution is 2.21. The van der Waals surface area contributed by atoms with Crippen LogP contribution >= 0.6 is 0 Å². The van der Waals surface area contributed by atoms with Crippen molar-refractivity contribution >= 4 is 5.91 Å². The van der Waals surface area contributed by atoms with Gasteiger partial charge < -0.3 is 10.2 Å². The molecule has 1 amide bonds. The molecular weight excluding hydrogens is 238 g/mol. The summed E-state index contributed by atoms with van der Waals surface area (Å²) in [6.45, 7) is 9.12. The van der Waals surface area contributed by atoms with Gasteiger partial charge in [-0.25, -0.2) is 0 Å². The summed E-state index contributed by atoms with van der Waals surface area (Å²) >= 11 is 0. The number of rotatable bonds is 3. The number of hydrogen-bond donors (Lipinski definition) is 1. The minimum absolute atomic E-state index is 0.312. The normalized spacial score (nSPS) is 32.6. The lowest BCUT2D eigenvalue weighted by Gasteiger charge is -2.37. The molecule has 2 heterocycles. The van der Waals surface area contributed by atoms with Crippen molar-refractivity contribution in [2.24, 2.45) is 11.8 Å². The van der Waals surface area contributed by atoms with Gasteiger partial charge in [0, 0.05) is 25.7 Å². The fourth-order valence-electron chi connectivity index (χ4n) is 3.52. The van der Waals surface area contributed by atoms with E-state index in [1.807, 2.05) is 0 Å². The molecule has 110 valence electrons. The lowest BCUT2D eigenvalue weighted by Crippen LogP contribution is -2.50. The second kappa shape index (κ2) is 6.71. The van der Waals surface area contributed by atoms with E-state index in [4.69, 9.17) is 0 Å². The van der Waals surface area contributed by atoms with Gasteiger partial charge in [-0.2, -0.15) is 0 Å². The van der Waals surface area contributed by atoms with Crippen molar-refractivity contribution in [3.05, 3.63) is 0 Å². The van der Waals surface area contributed by atoms with Crippen LogP contribution in [-0.4, -0.2) is 61.5 Å². The first-order chi connectivity index (χ1) is 9.06. The number of likely N-dealkylation sites (N-methyl/N-ethyl adjacent to an activating group) is 1. The van der Waals surface area contributed by atoms with Crippen LogP contribution in [0.4, 0.5) is 0 Å². The first-order valence-corrected chi connectivity index (χ1v) is 7.75. The highest BCUT2D eigenvalue weighted by Gasteiger charge is 2.27. The Kier molecular flexibility index (Phi) is 5.22. The van der Waals surface area contributed by atoms with Crippen LogP contribution < -0.4 is 5.32 Å². The maximum Gasteiger partial charge on any atom is 0.236 e. The summed E-state index contributed by atoms with van der Waals surface area (Å²) in [7, 11) is 2.09. The van der Waals surface area contributed by atoms with Crippen molar-refractivity contribution in [2.75, 3.05) is 39.8 Å². The molecule has 0 radical (unpaired) electrons. The van der Waals surface area contributed by atoms with Gasteiger partial charge in [0.1, 0.15) is 0 Å². The summed E-state index contributed by atoms with van der Waals surface area (Å²) in [5.74, 6) is 1.61. The molecule has 0 spiro atoms. The monoisotopic (exact) mass is 267 g/mol. The molecule has 2 aliphatic rings. The highest BCUT2D eigenvalue weighted by molar-refractivity contribution is 5.78. The zero-order valence-corrected chi connectivity index (χ0v) is 12.7. The predicted molar refractivity (Wildman–Crippen MR) is 78.0 cm³/mol. The third-order valence-corrected chi connectivity index (χ3v) is 4.50. The molecule has 0 saturated carbocycles. The number of carbonyl (C=O) groups is 1. The van der Waals surface area contributed by atoms with Gasteiger partial charge in [0.15, 0.2) is 0 Å². The number of amides is 1. The zero-order valence-electron chi connectivity index (χ0n) is 12.7. The van der Waals surface area contributed by atoms with Crippen LogP contribution in [0.3, 0.4) is 0 Å². The third-order valence-electron chi connectivity index (χ3n) is 4.50. The smallest absolute Gasteiger partial charge is 0.236 e. The summed E-state index contributed by atoms with van der Waals surface area (Å²) in [5.41, 5.74) is 0. The van der Waals surface area contributed by atoms with Crippen LogP contribution in [0, 0.1) is 11.8 Å². The molecule has 2 fully saturated rings. The molecule has 1 N–H and O–H groups in total. The van der Waals surface area contributed by atoms with Crippen LogP contribution in [0.15, 0.2) is 0 Å². The number of likely N-dealkylation sites (tertiary alicyclic amines) is 1. The molecule has 3 unspecified atom stereocenters. The van der Waals surface area contributed by atoms with Crippen LogP contribution in [0.2, 0.25) is 0 Å². The lowest BCUT2D eigenvalue weighted by atomic mass is 9.92. The minimum atomic E-state index is 0.312. The average Bonchev–Trinajstić information content (AvgIpc) is 2.38. The van der Waals surface area contributed by atoms with Gasteiger partial charge in [-0.15, -0.1) is 0 Å². The van der Waals surface area contributed by atoms with Crippen molar-refractivity contribution in [2.45, 2.75) is 39.2 Å². The number of carbonyl (C=O) groups excluding carboxylic acids is 1. The standard InChI is InChI=1S/C15H29N3O/c1-12-7-13(2)10-18(9-12)15(19)11-17(3)14-5-4-6-16-8-14/h12-14,16H,4-11H2,1-3H3. The van der Waals surface area contributed by atoms with E-state index in [0.717, 1.165) is 26.2 Å². The van der Waals surface area contributed by atoms with Gasteiger partial charge in [0.05, 0.1) is 6.54 Å². The highest BCUT2D eigenvalue weighted by atomic mass is 16.2. The Balaban J connectivity index is 1.82. The SMILES string of the molecule is CC1CC(C)CN(C(=O)CN(C)C2CCCNC2)C1. The largest absolute Gasteiger partial charge is 0.341 e. The first-order valence-electron chi connectivity index (χ1n) is 7.75. The fraction of sp³-hybridized carbons (Fsp3) is 0.933. The number of nitrogens with zero attached hydrogens (tertiary/aromatic N) is 2. The molecule has 4 heteroatoms. The van der Waals surface area contributed by atoms with E-state index in [1.165, 1.54) is 19.3 Å². The summed E-state index contributed by atoms with van der Waals surface area (Å²) in [5, 5.41) is 3.42. The predicted octanol–water partition coefficient (Wildman–Crippen LogP) is 1.17. The molecule has 2 rings (SSSR count). The Bertz CT molecular complexity index is 292. The van der Waals surface area contributed by atoms with E-state index in [2.05, 4.69) is 36.0 Å². The topological polar surface area (TPSA) is 35.6 Å². The van der Waals surface area contributed by atoms with Gasteiger partial charge in [0.2, 0.25) is 5.91 Å². The van der Waals surface area contributed by atoms with Gasteiger partial charge >= 0.3 is 0 Å². The Morgan fingerprint density at radius 2 is 2.00 bits per heavy atom. The Labute approximate surface area is 117 Å². The van der Waals surface area contributed by atoms with E-state index >= 15 is 0 Å². The summed E-state index contributed by atoms with van der Waals surface area (Å²) in [4.78, 5) is 16.7. The van der Waals surface area contributed by atoms with Gasteiger partial charge in [-0.1, -0.05) is 13.8 Å². The fourth-order valence-corrected chi connectivity index (χ4v) is 3.52. The Morgan fingerprint density at radius 1 is 1.32 bits per heavy atom. The van der Waals surface area contributed by atoms with Crippen molar-refractivity contribution in [1.29, 1.82) is 0 Å². The second-order valence-electron chi connectivity index (χ2n) is 6.66. The molecule has 3 atom stereocenters. The molecule has 19 heavy (non-hydrogen) atoms. The van der Waals surface area contributed by atoms with Gasteiger partial charge in [0.25, 0.3) is 0 Å². The lowest BCUT2D eigenvalue weighted by molar-refractivity contribution is -0.135. The Morgan fingerprint density at radius 3 is 2.58 bits per heavy atom. The van der Waals surface area contributed by atoms with E-state index in [1.54, 1.807) is 0 Å². The third kappa shape index (κ3) is 4.18. The Hall–Kier alpha value is -0.610. The zero-order chi connectivity index (χ0) is 13.8. The van der Waals surface area contributed by atoms with Crippen LogP contribution in [0.1, 0.15) is 33.1 Å². The van der Waals surface area contributed by atoms with Gasteiger partial charge in [-0.05, 0) is 44.7 Å². The molecule has 2 saturated heterocycles. The van der Waals surface area contributed by atoms with Crippen LogP contribution in [0.5, 0.6) is 0 Å². The van der Waals surface area contributed by atoms with E-state index < -0.39 is 0 Å². The first kappa shape index (κ1) is 14.8. The van der Waals surface area contributed by atoms with E-state index in [9.17, 15) is 4.79 Å². The molecule has 0 aromatic heterocycles. The summed E-state index contributed by atoms with van der Waals surface area (Å²) in [6, 6.07) is 0.525. The average molecular weight is 267 g/mol. The van der Waals surface area contributed by atoms with Gasteiger partial charge in [-0.3, -0.25) is 9.69 Å². The van der Waals surface area contributed by atoms with Crippen molar-refractivity contribution < 1.29 is 4.79 Å². The number of piperidine rings is 2. The van der Waals surface area contributed by atoms with Crippen molar-refractivity contribution in [3.63, 3.8) is 0 Å². The van der Waals surface area contributed by atoms with Crippen LogP contribution in [0.25, 0.3) is 0 Å². The van der Waals surface area contributed by atoms with E-state index in [-0.39, 0.29) is 0 Å². The maximum absolute atomic E-state index is 12.4. The summed E-state index contributed by atoms with van der Waals surface area (Å²) in [6.07, 6.45) is 3.69. The molecule has 0 bridgehead atoms. The maximum atomic E-state index is 12.4. The minimum Gasteiger partial charge on any atom is -0.341 e.